The van der Waals surface area contributed by atoms with E-state index in [1.807, 2.05) is 26.8 Å². The monoisotopic (exact) mass is 420 g/mol. The molecule has 1 N–H and O–H groups in total. The number of carbonyl (C=O) groups is 1. The van der Waals surface area contributed by atoms with Gasteiger partial charge in [0.1, 0.15) is 6.04 Å². The zero-order valence-electron chi connectivity index (χ0n) is 17.0. The van der Waals surface area contributed by atoms with Crippen molar-refractivity contribution in [1.82, 2.24) is 5.32 Å². The minimum absolute atomic E-state index is 0.311. The molecule has 0 saturated heterocycles. The van der Waals surface area contributed by atoms with E-state index in [0.717, 1.165) is 22.3 Å². The second-order valence-electron chi connectivity index (χ2n) is 7.03. The minimum Gasteiger partial charge on any atom is -0.353 e. The van der Waals surface area contributed by atoms with Crippen LogP contribution < -0.4 is 9.62 Å². The summed E-state index contributed by atoms with van der Waals surface area (Å²) >= 11 is 1.65. The number of nitrogens with one attached hydrogen (secondary N) is 1. The van der Waals surface area contributed by atoms with Gasteiger partial charge in [0.05, 0.1) is 11.9 Å². The second kappa shape index (κ2) is 9.47. The van der Waals surface area contributed by atoms with Gasteiger partial charge in [-0.3, -0.25) is 9.10 Å². The number of sulfonamides is 1. The fraction of sp³-hybridized carbons (Fsp3) is 0.381. The Hall–Kier alpha value is -1.99. The largest absolute Gasteiger partial charge is 0.353 e. The van der Waals surface area contributed by atoms with Crippen LogP contribution in [0.5, 0.6) is 0 Å². The summed E-state index contributed by atoms with van der Waals surface area (Å²) in [4.78, 5) is 13.7. The average molecular weight is 421 g/mol. The van der Waals surface area contributed by atoms with Crippen LogP contribution in [0.25, 0.3) is 0 Å². The third-order valence-electron chi connectivity index (χ3n) is 4.24. The average Bonchev–Trinajstić information content (AvgIpc) is 2.58. The molecule has 0 aliphatic carbocycles. The number of anilines is 1. The highest BCUT2D eigenvalue weighted by atomic mass is 32.2. The van der Waals surface area contributed by atoms with E-state index >= 15 is 0 Å². The van der Waals surface area contributed by atoms with Gasteiger partial charge in [-0.2, -0.15) is 0 Å². The van der Waals surface area contributed by atoms with E-state index in [0.29, 0.717) is 18.0 Å². The van der Waals surface area contributed by atoms with Crippen molar-refractivity contribution in [1.29, 1.82) is 0 Å². The van der Waals surface area contributed by atoms with Gasteiger partial charge in [-0.15, -0.1) is 11.8 Å². The van der Waals surface area contributed by atoms with E-state index in [4.69, 9.17) is 0 Å². The molecule has 0 aliphatic rings. The standard InChI is InChI=1S/C21H28N2O3S2/c1-15-6-8-20(9-7-15)27-11-10-22-21(24)18(4)23(28(5,25)26)19-13-16(2)12-17(3)14-19/h6-9,12-14,18H,10-11H2,1-5H3,(H,22,24)/t18-/m0/s1. The lowest BCUT2D eigenvalue weighted by molar-refractivity contribution is -0.121. The van der Waals surface area contributed by atoms with Crippen LogP contribution in [-0.4, -0.2) is 38.9 Å². The van der Waals surface area contributed by atoms with E-state index in [2.05, 4.69) is 29.6 Å². The quantitative estimate of drug-likeness (QED) is 0.523. The molecular formula is C21H28N2O3S2. The maximum atomic E-state index is 12.6. The first-order valence-corrected chi connectivity index (χ1v) is 12.0. The molecule has 1 amide bonds. The Labute approximate surface area is 172 Å². The highest BCUT2D eigenvalue weighted by molar-refractivity contribution is 7.99. The van der Waals surface area contributed by atoms with Crippen LogP contribution in [0.1, 0.15) is 23.6 Å². The Morgan fingerprint density at radius 2 is 1.61 bits per heavy atom. The van der Waals surface area contributed by atoms with E-state index in [1.54, 1.807) is 30.8 Å². The molecule has 5 nitrogen and oxygen atoms in total. The number of aryl methyl sites for hydroxylation is 3. The van der Waals surface area contributed by atoms with Crippen LogP contribution >= 0.6 is 11.8 Å². The molecule has 0 spiro atoms. The number of thioether (sulfide) groups is 1. The zero-order chi connectivity index (χ0) is 20.9. The Kier molecular flexibility index (Phi) is 7.55. The molecule has 2 aromatic carbocycles. The number of hydrogen-bond donors (Lipinski definition) is 1. The van der Waals surface area contributed by atoms with Gasteiger partial charge in [-0.05, 0) is 63.1 Å². The smallest absolute Gasteiger partial charge is 0.243 e. The third-order valence-corrected chi connectivity index (χ3v) is 6.50. The molecule has 0 bridgehead atoms. The van der Waals surface area contributed by atoms with Crippen LogP contribution in [0.3, 0.4) is 0 Å². The normalized spacial score (nSPS) is 12.5. The fourth-order valence-electron chi connectivity index (χ4n) is 3.01. The van der Waals surface area contributed by atoms with Gasteiger partial charge in [0.25, 0.3) is 0 Å². The van der Waals surface area contributed by atoms with Crippen molar-refractivity contribution in [2.45, 2.75) is 38.6 Å². The molecule has 0 heterocycles. The Balaban J connectivity index is 2.02. The first-order valence-electron chi connectivity index (χ1n) is 9.13. The summed E-state index contributed by atoms with van der Waals surface area (Å²) in [6.45, 7) is 7.93. The van der Waals surface area contributed by atoms with E-state index in [9.17, 15) is 13.2 Å². The lowest BCUT2D eigenvalue weighted by Gasteiger charge is -2.28. The Bertz CT molecular complexity index is 905. The molecule has 0 unspecified atom stereocenters. The lowest BCUT2D eigenvalue weighted by atomic mass is 10.1. The van der Waals surface area contributed by atoms with Crippen molar-refractivity contribution in [2.24, 2.45) is 0 Å². The minimum atomic E-state index is -3.61. The van der Waals surface area contributed by atoms with Crippen molar-refractivity contribution in [2.75, 3.05) is 22.9 Å². The molecule has 0 aliphatic heterocycles. The molecule has 152 valence electrons. The van der Waals surface area contributed by atoms with E-state index in [-0.39, 0.29) is 5.91 Å². The topological polar surface area (TPSA) is 66.5 Å². The molecule has 7 heteroatoms. The number of amides is 1. The molecule has 0 fully saturated rings. The molecule has 2 aromatic rings. The van der Waals surface area contributed by atoms with Crippen LogP contribution in [-0.2, 0) is 14.8 Å². The van der Waals surface area contributed by atoms with Crippen LogP contribution in [0.15, 0.2) is 47.4 Å². The summed E-state index contributed by atoms with van der Waals surface area (Å²) in [5, 5.41) is 2.85. The van der Waals surface area contributed by atoms with Gasteiger partial charge in [-0.1, -0.05) is 23.8 Å². The summed E-state index contributed by atoms with van der Waals surface area (Å²) in [6.07, 6.45) is 1.13. The number of carbonyl (C=O) groups excluding carboxylic acids is 1. The molecule has 0 radical (unpaired) electrons. The van der Waals surface area contributed by atoms with Crippen molar-refractivity contribution in [3.8, 4) is 0 Å². The van der Waals surface area contributed by atoms with Crippen molar-refractivity contribution < 1.29 is 13.2 Å². The van der Waals surface area contributed by atoms with Crippen LogP contribution in [0.2, 0.25) is 0 Å². The van der Waals surface area contributed by atoms with Gasteiger partial charge in [0.2, 0.25) is 15.9 Å². The first kappa shape index (κ1) is 22.3. The molecule has 0 saturated carbocycles. The fourth-order valence-corrected chi connectivity index (χ4v) is 4.94. The first-order chi connectivity index (χ1) is 13.1. The maximum absolute atomic E-state index is 12.6. The van der Waals surface area contributed by atoms with Gasteiger partial charge < -0.3 is 5.32 Å². The summed E-state index contributed by atoms with van der Waals surface area (Å²) in [7, 11) is -3.61. The third kappa shape index (κ3) is 6.27. The Morgan fingerprint density at radius 1 is 1.04 bits per heavy atom. The van der Waals surface area contributed by atoms with Crippen LogP contribution in [0, 0.1) is 20.8 Å². The summed E-state index contributed by atoms with van der Waals surface area (Å²) in [6, 6.07) is 12.9. The van der Waals surface area contributed by atoms with Crippen molar-refractivity contribution >= 4 is 33.4 Å². The summed E-state index contributed by atoms with van der Waals surface area (Å²) in [5.41, 5.74) is 3.62. The number of hydrogen-bond acceptors (Lipinski definition) is 4. The molecule has 2 rings (SSSR count). The van der Waals surface area contributed by atoms with Crippen molar-refractivity contribution in [3.05, 3.63) is 59.2 Å². The van der Waals surface area contributed by atoms with E-state index in [1.165, 1.54) is 9.87 Å². The van der Waals surface area contributed by atoms with Crippen LogP contribution in [0.4, 0.5) is 5.69 Å². The predicted molar refractivity (Wildman–Crippen MR) is 118 cm³/mol. The molecular weight excluding hydrogens is 392 g/mol. The summed E-state index contributed by atoms with van der Waals surface area (Å²) < 4.78 is 26.0. The van der Waals surface area contributed by atoms with Gasteiger partial charge >= 0.3 is 0 Å². The summed E-state index contributed by atoms with van der Waals surface area (Å²) in [5.74, 6) is 0.401. The van der Waals surface area contributed by atoms with Gasteiger partial charge in [0.15, 0.2) is 0 Å². The van der Waals surface area contributed by atoms with Gasteiger partial charge in [0, 0.05) is 17.2 Å². The van der Waals surface area contributed by atoms with Gasteiger partial charge in [-0.25, -0.2) is 8.42 Å². The molecule has 28 heavy (non-hydrogen) atoms. The van der Waals surface area contributed by atoms with E-state index < -0.39 is 16.1 Å². The SMILES string of the molecule is Cc1ccc(SCCNC(=O)[C@H](C)N(c2cc(C)cc(C)c2)S(C)(=O)=O)cc1. The Morgan fingerprint density at radius 3 is 2.14 bits per heavy atom. The molecule has 1 atom stereocenters. The maximum Gasteiger partial charge on any atom is 0.243 e. The number of benzene rings is 2. The lowest BCUT2D eigenvalue weighted by Crippen LogP contribution is -2.48. The predicted octanol–water partition coefficient (Wildman–Crippen LogP) is 3.67. The highest BCUT2D eigenvalue weighted by Crippen LogP contribution is 2.24. The van der Waals surface area contributed by atoms with Crippen molar-refractivity contribution in [3.63, 3.8) is 0 Å². The number of rotatable bonds is 8. The zero-order valence-corrected chi connectivity index (χ0v) is 18.7. The second-order valence-corrected chi connectivity index (χ2v) is 10.1. The number of nitrogens with zero attached hydrogens (tertiary/aromatic N) is 1. The highest BCUT2D eigenvalue weighted by Gasteiger charge is 2.29. The molecule has 0 aromatic heterocycles.